The summed E-state index contributed by atoms with van der Waals surface area (Å²) in [5.74, 6) is 0. The van der Waals surface area contributed by atoms with E-state index >= 15 is 0 Å². The van der Waals surface area contributed by atoms with Gasteiger partial charge in [0.15, 0.2) is 0 Å². The van der Waals surface area contributed by atoms with Crippen LogP contribution in [0.5, 0.6) is 0 Å². The van der Waals surface area contributed by atoms with Gasteiger partial charge in [0.1, 0.15) is 0 Å². The summed E-state index contributed by atoms with van der Waals surface area (Å²) in [4.78, 5) is 0. The number of hydrogen-bond acceptors (Lipinski definition) is 1. The Morgan fingerprint density at radius 3 is 2.31 bits per heavy atom. The van der Waals surface area contributed by atoms with Crippen LogP contribution in [-0.2, 0) is 0 Å². The molecule has 0 heterocycles. The molecule has 0 bridgehead atoms. The van der Waals surface area contributed by atoms with Crippen molar-refractivity contribution < 1.29 is 0 Å². The van der Waals surface area contributed by atoms with Crippen LogP contribution in [0.4, 0.5) is 0 Å². The Bertz CT molecular complexity index is 127. The van der Waals surface area contributed by atoms with E-state index in [1.165, 1.54) is 50.5 Å². The van der Waals surface area contributed by atoms with Crippen LogP contribution >= 0.6 is 0 Å². The molecule has 1 heteroatoms. The molecule has 0 rings (SSSR count). The molecule has 0 fully saturated rings. The minimum atomic E-state index is 0.718. The highest BCUT2D eigenvalue weighted by Crippen LogP contribution is 2.07. The minimum absolute atomic E-state index is 0.718. The second-order valence-corrected chi connectivity index (χ2v) is 3.81. The average molecular weight is 183 g/mol. The first-order valence-corrected chi connectivity index (χ1v) is 5.67. The lowest BCUT2D eigenvalue weighted by Crippen LogP contribution is -1.99. The fourth-order valence-electron chi connectivity index (χ4n) is 1.36. The third-order valence-corrected chi connectivity index (χ3v) is 2.37. The Kier molecular flexibility index (Phi) is 9.56. The normalized spacial score (nSPS) is 12.1. The number of nitrogens with two attached hydrogens (primary N) is 1. The highest BCUT2D eigenvalue weighted by Gasteiger charge is 1.89. The summed E-state index contributed by atoms with van der Waals surface area (Å²) in [5, 5.41) is 0. The molecule has 13 heavy (non-hydrogen) atoms. The van der Waals surface area contributed by atoms with Gasteiger partial charge in [-0.2, -0.15) is 0 Å². The molecule has 0 atom stereocenters. The lowest BCUT2D eigenvalue weighted by atomic mass is 10.1. The molecule has 0 amide bonds. The summed E-state index contributed by atoms with van der Waals surface area (Å²) in [6.45, 7) is 5.08. The Hall–Kier alpha value is -0.300. The van der Waals surface area contributed by atoms with E-state index < -0.39 is 0 Å². The van der Waals surface area contributed by atoms with E-state index in [4.69, 9.17) is 5.73 Å². The Balaban J connectivity index is 3.08. The first kappa shape index (κ1) is 12.7. The van der Waals surface area contributed by atoms with Crippen molar-refractivity contribution in [1.82, 2.24) is 0 Å². The molecule has 0 radical (unpaired) electrons. The van der Waals surface area contributed by atoms with Crippen LogP contribution in [0.25, 0.3) is 0 Å². The molecular weight excluding hydrogens is 158 g/mol. The second-order valence-electron chi connectivity index (χ2n) is 3.81. The minimum Gasteiger partial charge on any atom is -0.327 e. The topological polar surface area (TPSA) is 26.0 Å². The smallest absolute Gasteiger partial charge is 0.0134 e. The van der Waals surface area contributed by atoms with Gasteiger partial charge in [-0.3, -0.25) is 0 Å². The van der Waals surface area contributed by atoms with Crippen molar-refractivity contribution in [2.24, 2.45) is 5.73 Å². The van der Waals surface area contributed by atoms with E-state index in [-0.39, 0.29) is 0 Å². The molecule has 0 aromatic rings. The summed E-state index contributed by atoms with van der Waals surface area (Å²) >= 11 is 0. The number of unbranched alkanes of at least 4 members (excludes halogenated alkanes) is 6. The monoisotopic (exact) mass is 183 g/mol. The second kappa shape index (κ2) is 9.79. The van der Waals surface area contributed by atoms with Gasteiger partial charge in [-0.25, -0.2) is 0 Å². The summed E-state index contributed by atoms with van der Waals surface area (Å²) in [7, 11) is 0. The van der Waals surface area contributed by atoms with Gasteiger partial charge in [0.05, 0.1) is 0 Å². The summed E-state index contributed by atoms with van der Waals surface area (Å²) < 4.78 is 0. The van der Waals surface area contributed by atoms with Crippen LogP contribution in [0.3, 0.4) is 0 Å². The zero-order chi connectivity index (χ0) is 9.94. The highest BCUT2D eigenvalue weighted by atomic mass is 14.5. The van der Waals surface area contributed by atoms with Gasteiger partial charge in [-0.1, -0.05) is 50.7 Å². The number of allylic oxidation sites excluding steroid dienone is 1. The molecule has 78 valence electrons. The molecular formula is C12H25N. The maximum Gasteiger partial charge on any atom is 0.0134 e. The molecule has 0 aliphatic rings. The third kappa shape index (κ3) is 9.62. The zero-order valence-electron chi connectivity index (χ0n) is 9.31. The van der Waals surface area contributed by atoms with Gasteiger partial charge in [0.25, 0.3) is 0 Å². The van der Waals surface area contributed by atoms with Gasteiger partial charge in [-0.15, -0.1) is 0 Å². The molecule has 0 aromatic carbocycles. The first-order valence-electron chi connectivity index (χ1n) is 5.67. The van der Waals surface area contributed by atoms with Crippen LogP contribution < -0.4 is 5.73 Å². The lowest BCUT2D eigenvalue weighted by Gasteiger charge is -1.99. The van der Waals surface area contributed by atoms with E-state index in [9.17, 15) is 0 Å². The van der Waals surface area contributed by atoms with Crippen molar-refractivity contribution in [3.8, 4) is 0 Å². The van der Waals surface area contributed by atoms with Crippen molar-refractivity contribution in [1.29, 1.82) is 0 Å². The van der Waals surface area contributed by atoms with E-state index in [2.05, 4.69) is 19.9 Å². The maximum absolute atomic E-state index is 5.48. The van der Waals surface area contributed by atoms with E-state index in [0.29, 0.717) is 0 Å². The van der Waals surface area contributed by atoms with Crippen molar-refractivity contribution in [3.05, 3.63) is 11.6 Å². The van der Waals surface area contributed by atoms with E-state index in [1.54, 1.807) is 0 Å². The van der Waals surface area contributed by atoms with Crippen LogP contribution in [0.1, 0.15) is 58.8 Å². The predicted molar refractivity (Wildman–Crippen MR) is 60.8 cm³/mol. The van der Waals surface area contributed by atoms with Crippen molar-refractivity contribution in [2.75, 3.05) is 6.54 Å². The Morgan fingerprint density at radius 1 is 1.08 bits per heavy atom. The third-order valence-electron chi connectivity index (χ3n) is 2.37. The van der Waals surface area contributed by atoms with Gasteiger partial charge in [0.2, 0.25) is 0 Å². The molecule has 1 nitrogen and oxygen atoms in total. The molecule has 0 aliphatic heterocycles. The van der Waals surface area contributed by atoms with Crippen LogP contribution in [-0.4, -0.2) is 6.54 Å². The lowest BCUT2D eigenvalue weighted by molar-refractivity contribution is 0.610. The number of rotatable bonds is 8. The van der Waals surface area contributed by atoms with Crippen LogP contribution in [0.15, 0.2) is 11.6 Å². The summed E-state index contributed by atoms with van der Waals surface area (Å²) in [6.07, 6.45) is 11.8. The quantitative estimate of drug-likeness (QED) is 0.451. The van der Waals surface area contributed by atoms with Crippen molar-refractivity contribution >= 4 is 0 Å². The molecule has 0 saturated heterocycles. The average Bonchev–Trinajstić information content (AvgIpc) is 2.16. The maximum atomic E-state index is 5.48. The first-order chi connectivity index (χ1) is 6.31. The SMILES string of the molecule is CCCCCCCC/C=C(/C)CN. The van der Waals surface area contributed by atoms with E-state index in [0.717, 1.165) is 6.54 Å². The predicted octanol–water partition coefficient (Wildman–Crippen LogP) is 3.64. The molecule has 2 N–H and O–H groups in total. The number of hydrogen-bond donors (Lipinski definition) is 1. The van der Waals surface area contributed by atoms with Crippen LogP contribution in [0.2, 0.25) is 0 Å². The van der Waals surface area contributed by atoms with E-state index in [1.807, 2.05) is 0 Å². The van der Waals surface area contributed by atoms with Crippen LogP contribution in [0, 0.1) is 0 Å². The molecule has 0 unspecified atom stereocenters. The fourth-order valence-corrected chi connectivity index (χ4v) is 1.36. The Labute approximate surface area is 83.4 Å². The van der Waals surface area contributed by atoms with Gasteiger partial charge in [0, 0.05) is 6.54 Å². The molecule has 0 aliphatic carbocycles. The highest BCUT2D eigenvalue weighted by molar-refractivity contribution is 4.98. The molecule has 0 saturated carbocycles. The van der Waals surface area contributed by atoms with Crippen molar-refractivity contribution in [2.45, 2.75) is 58.8 Å². The molecule has 0 aromatic heterocycles. The van der Waals surface area contributed by atoms with Gasteiger partial charge in [-0.05, 0) is 19.8 Å². The largest absolute Gasteiger partial charge is 0.327 e. The zero-order valence-corrected chi connectivity index (χ0v) is 9.31. The van der Waals surface area contributed by atoms with Gasteiger partial charge >= 0.3 is 0 Å². The molecule has 0 spiro atoms. The fraction of sp³-hybridized carbons (Fsp3) is 0.833. The standard InChI is InChI=1S/C12H25N/c1-3-4-5-6-7-8-9-10-12(2)11-13/h10H,3-9,11,13H2,1-2H3/b12-10-. The van der Waals surface area contributed by atoms with Crippen molar-refractivity contribution in [3.63, 3.8) is 0 Å². The Morgan fingerprint density at radius 2 is 1.69 bits per heavy atom. The summed E-state index contributed by atoms with van der Waals surface area (Å²) in [6, 6.07) is 0. The summed E-state index contributed by atoms with van der Waals surface area (Å²) in [5.41, 5.74) is 6.81. The van der Waals surface area contributed by atoms with Gasteiger partial charge < -0.3 is 5.73 Å².